The standard InChI is InChI=1S/C50H30N4/c1-4-14-34-27-38(24-21-31(34)11-1)47-46-43(30-37-17-7-8-18-41(37)45(46)42-19-9-10-20-44(42)51-47)50-53-48(39-25-22-32-12-2-5-15-35(32)28-39)52-49(54-50)40-26-23-33-13-3-6-16-36(33)29-40/h1-30H. The van der Waals surface area contributed by atoms with Crippen molar-refractivity contribution < 1.29 is 0 Å². The highest BCUT2D eigenvalue weighted by Crippen LogP contribution is 2.43. The van der Waals surface area contributed by atoms with Crippen LogP contribution in [0.25, 0.3) is 110 Å². The Morgan fingerprint density at radius 2 is 0.722 bits per heavy atom. The maximum Gasteiger partial charge on any atom is 0.164 e. The second kappa shape index (κ2) is 12.1. The summed E-state index contributed by atoms with van der Waals surface area (Å²) in [6, 6.07) is 64.0. The summed E-state index contributed by atoms with van der Waals surface area (Å²) in [7, 11) is 0. The zero-order chi connectivity index (χ0) is 35.6. The minimum absolute atomic E-state index is 0.603. The van der Waals surface area contributed by atoms with Crippen molar-refractivity contribution in [1.29, 1.82) is 0 Å². The molecule has 11 rings (SSSR count). The molecule has 0 spiro atoms. The topological polar surface area (TPSA) is 51.6 Å². The Balaban J connectivity index is 1.26. The van der Waals surface area contributed by atoms with Crippen molar-refractivity contribution >= 4 is 64.8 Å². The first kappa shape index (κ1) is 30.3. The number of rotatable bonds is 4. The van der Waals surface area contributed by atoms with E-state index < -0.39 is 0 Å². The summed E-state index contributed by atoms with van der Waals surface area (Å²) < 4.78 is 0. The molecule has 2 heterocycles. The van der Waals surface area contributed by atoms with Gasteiger partial charge in [0, 0.05) is 38.4 Å². The largest absolute Gasteiger partial charge is 0.247 e. The number of hydrogen-bond acceptors (Lipinski definition) is 4. The van der Waals surface area contributed by atoms with Crippen LogP contribution in [0.5, 0.6) is 0 Å². The lowest BCUT2D eigenvalue weighted by molar-refractivity contribution is 1.08. The molecule has 9 aromatic carbocycles. The molecular formula is C50H30N4. The number of para-hydroxylation sites is 1. The van der Waals surface area contributed by atoms with Crippen molar-refractivity contribution in [1.82, 2.24) is 19.9 Å². The van der Waals surface area contributed by atoms with Crippen molar-refractivity contribution in [2.24, 2.45) is 0 Å². The summed E-state index contributed by atoms with van der Waals surface area (Å²) in [6.07, 6.45) is 0. The molecule has 0 aliphatic heterocycles. The highest BCUT2D eigenvalue weighted by atomic mass is 15.0. The van der Waals surface area contributed by atoms with Gasteiger partial charge in [-0.25, -0.2) is 19.9 Å². The molecule has 11 aromatic rings. The summed E-state index contributed by atoms with van der Waals surface area (Å²) >= 11 is 0. The molecule has 0 unspecified atom stereocenters. The SMILES string of the molecule is c1ccc2cc(-c3nc(-c4ccc5ccccc5c4)nc(-c4cc5ccccc5c5c4c(-c4ccc6ccccc6c4)nc4ccccc45)n3)ccc2c1. The van der Waals surface area contributed by atoms with Gasteiger partial charge in [0.15, 0.2) is 17.5 Å². The fourth-order valence-electron chi connectivity index (χ4n) is 7.97. The smallest absolute Gasteiger partial charge is 0.164 e. The number of fused-ring (bicyclic) bond motifs is 8. The number of nitrogens with zero attached hydrogens (tertiary/aromatic N) is 4. The Kier molecular flexibility index (Phi) is 6.82. The van der Waals surface area contributed by atoms with Crippen LogP contribution in [0.1, 0.15) is 0 Å². The molecule has 4 heteroatoms. The van der Waals surface area contributed by atoms with Crippen molar-refractivity contribution in [3.05, 3.63) is 182 Å². The van der Waals surface area contributed by atoms with Crippen molar-refractivity contribution in [3.63, 3.8) is 0 Å². The maximum atomic E-state index is 5.43. The van der Waals surface area contributed by atoms with E-state index in [1.54, 1.807) is 0 Å². The fraction of sp³-hybridized carbons (Fsp3) is 0. The molecule has 4 nitrogen and oxygen atoms in total. The van der Waals surface area contributed by atoms with Gasteiger partial charge < -0.3 is 0 Å². The number of hydrogen-bond donors (Lipinski definition) is 0. The van der Waals surface area contributed by atoms with Gasteiger partial charge in [-0.15, -0.1) is 0 Å². The van der Waals surface area contributed by atoms with Crippen molar-refractivity contribution in [2.45, 2.75) is 0 Å². The second-order valence-electron chi connectivity index (χ2n) is 13.9. The third-order valence-electron chi connectivity index (χ3n) is 10.6. The van der Waals surface area contributed by atoms with Gasteiger partial charge in [0.25, 0.3) is 0 Å². The minimum Gasteiger partial charge on any atom is -0.247 e. The van der Waals surface area contributed by atoms with Crippen molar-refractivity contribution in [2.75, 3.05) is 0 Å². The summed E-state index contributed by atoms with van der Waals surface area (Å²) in [5.41, 5.74) is 5.66. The number of pyridine rings is 1. The van der Waals surface area contributed by atoms with Crippen LogP contribution in [0.2, 0.25) is 0 Å². The Morgan fingerprint density at radius 1 is 0.278 bits per heavy atom. The first-order valence-corrected chi connectivity index (χ1v) is 18.2. The van der Waals surface area contributed by atoms with Gasteiger partial charge in [0.1, 0.15) is 0 Å². The highest BCUT2D eigenvalue weighted by Gasteiger charge is 2.22. The predicted molar refractivity (Wildman–Crippen MR) is 224 cm³/mol. The molecule has 0 fully saturated rings. The molecule has 0 aliphatic rings. The van der Waals surface area contributed by atoms with Crippen molar-refractivity contribution in [3.8, 4) is 45.4 Å². The molecule has 0 saturated carbocycles. The van der Waals surface area contributed by atoms with Crippen LogP contribution in [0, 0.1) is 0 Å². The summed E-state index contributed by atoms with van der Waals surface area (Å²) in [6.45, 7) is 0. The molecule has 2 aromatic heterocycles. The first-order chi connectivity index (χ1) is 26.7. The van der Waals surface area contributed by atoms with E-state index in [0.29, 0.717) is 17.5 Å². The predicted octanol–water partition coefficient (Wildman–Crippen LogP) is 12.9. The third-order valence-corrected chi connectivity index (χ3v) is 10.6. The van der Waals surface area contributed by atoms with Crippen LogP contribution >= 0.6 is 0 Å². The Bertz CT molecular complexity index is 3180. The zero-order valence-corrected chi connectivity index (χ0v) is 29.1. The molecule has 0 atom stereocenters. The van der Waals surface area contributed by atoms with Gasteiger partial charge >= 0.3 is 0 Å². The van der Waals surface area contributed by atoms with Gasteiger partial charge in [-0.05, 0) is 73.4 Å². The van der Waals surface area contributed by atoms with E-state index in [2.05, 4.69) is 182 Å². The maximum absolute atomic E-state index is 5.43. The van der Waals surface area contributed by atoms with Gasteiger partial charge in [-0.1, -0.05) is 152 Å². The van der Waals surface area contributed by atoms with Gasteiger partial charge in [0.2, 0.25) is 0 Å². The lowest BCUT2D eigenvalue weighted by Gasteiger charge is -2.17. The van der Waals surface area contributed by atoms with E-state index in [1.807, 2.05) is 0 Å². The van der Waals surface area contributed by atoms with E-state index in [9.17, 15) is 0 Å². The molecule has 0 radical (unpaired) electrons. The Labute approximate surface area is 311 Å². The first-order valence-electron chi connectivity index (χ1n) is 18.2. The molecule has 54 heavy (non-hydrogen) atoms. The monoisotopic (exact) mass is 686 g/mol. The van der Waals surface area contributed by atoms with E-state index in [-0.39, 0.29) is 0 Å². The van der Waals surface area contributed by atoms with E-state index in [1.165, 1.54) is 16.2 Å². The van der Waals surface area contributed by atoms with Gasteiger partial charge in [-0.2, -0.15) is 0 Å². The number of benzene rings is 9. The molecule has 0 N–H and O–H groups in total. The summed E-state index contributed by atoms with van der Waals surface area (Å²) in [4.78, 5) is 21.3. The molecule has 250 valence electrons. The van der Waals surface area contributed by atoms with E-state index in [4.69, 9.17) is 19.9 Å². The van der Waals surface area contributed by atoms with Crippen LogP contribution in [-0.4, -0.2) is 19.9 Å². The third kappa shape index (κ3) is 5.00. The summed E-state index contributed by atoms with van der Waals surface area (Å²) in [5, 5.41) is 12.5. The molecule has 0 aliphatic carbocycles. The van der Waals surface area contributed by atoms with Gasteiger partial charge in [0.05, 0.1) is 11.2 Å². The average Bonchev–Trinajstić information content (AvgIpc) is 3.25. The fourth-order valence-corrected chi connectivity index (χ4v) is 7.97. The van der Waals surface area contributed by atoms with Crippen LogP contribution in [0.3, 0.4) is 0 Å². The molecule has 0 saturated heterocycles. The molecule has 0 amide bonds. The van der Waals surface area contributed by atoms with Crippen LogP contribution in [-0.2, 0) is 0 Å². The zero-order valence-electron chi connectivity index (χ0n) is 29.1. The quantitative estimate of drug-likeness (QED) is 0.173. The lowest BCUT2D eigenvalue weighted by atomic mass is 9.90. The van der Waals surface area contributed by atoms with Crippen LogP contribution < -0.4 is 0 Å². The lowest BCUT2D eigenvalue weighted by Crippen LogP contribution is -2.02. The highest BCUT2D eigenvalue weighted by molar-refractivity contribution is 6.26. The normalized spacial score (nSPS) is 11.7. The van der Waals surface area contributed by atoms with E-state index in [0.717, 1.165) is 76.6 Å². The van der Waals surface area contributed by atoms with Gasteiger partial charge in [-0.3, -0.25) is 0 Å². The molecular weight excluding hydrogens is 657 g/mol. The Morgan fingerprint density at radius 3 is 1.31 bits per heavy atom. The van der Waals surface area contributed by atoms with Crippen LogP contribution in [0.4, 0.5) is 0 Å². The van der Waals surface area contributed by atoms with Crippen LogP contribution in [0.15, 0.2) is 182 Å². The number of aromatic nitrogens is 4. The average molecular weight is 687 g/mol. The summed E-state index contributed by atoms with van der Waals surface area (Å²) in [5.74, 6) is 1.85. The Hall–Kier alpha value is -7.30. The minimum atomic E-state index is 0.603. The van der Waals surface area contributed by atoms with E-state index >= 15 is 0 Å². The second-order valence-corrected chi connectivity index (χ2v) is 13.9. The molecule has 0 bridgehead atoms.